The van der Waals surface area contributed by atoms with Crippen molar-refractivity contribution in [1.82, 2.24) is 4.90 Å². The first kappa shape index (κ1) is 17.5. The second kappa shape index (κ2) is 5.87. The molecule has 2 amide bonds. The first-order valence-electron chi connectivity index (χ1n) is 9.16. The highest BCUT2D eigenvalue weighted by molar-refractivity contribution is 5.96. The van der Waals surface area contributed by atoms with Crippen LogP contribution in [0.1, 0.15) is 59.8 Å². The maximum absolute atomic E-state index is 13.1. The highest BCUT2D eigenvalue weighted by atomic mass is 16.6. The van der Waals surface area contributed by atoms with E-state index in [0.29, 0.717) is 5.92 Å². The molecule has 3 aliphatic rings. The fourth-order valence-corrected chi connectivity index (χ4v) is 5.10. The zero-order chi connectivity index (χ0) is 17.7. The van der Waals surface area contributed by atoms with Gasteiger partial charge < -0.3 is 9.84 Å². The van der Waals surface area contributed by atoms with E-state index in [1.165, 1.54) is 4.90 Å². The van der Waals surface area contributed by atoms with Crippen LogP contribution in [0.25, 0.3) is 0 Å². The molecule has 0 aromatic rings. The van der Waals surface area contributed by atoms with Gasteiger partial charge in [0.25, 0.3) is 0 Å². The molecule has 1 aliphatic heterocycles. The third-order valence-electron chi connectivity index (χ3n) is 6.78. The van der Waals surface area contributed by atoms with Crippen molar-refractivity contribution in [2.45, 2.75) is 77.5 Å². The van der Waals surface area contributed by atoms with Gasteiger partial charge in [-0.3, -0.25) is 4.79 Å². The van der Waals surface area contributed by atoms with Crippen LogP contribution in [0.3, 0.4) is 0 Å². The zero-order valence-electron chi connectivity index (χ0n) is 15.1. The number of carbonyl (C=O) groups excluding carboxylic acids is 2. The number of aliphatic hydroxyl groups is 1. The number of hydrogen-bond donors (Lipinski definition) is 1. The predicted molar refractivity (Wildman–Crippen MR) is 90.2 cm³/mol. The monoisotopic (exact) mass is 335 g/mol. The molecular weight excluding hydrogens is 306 g/mol. The number of carbonyl (C=O) groups is 2. The van der Waals surface area contributed by atoms with Gasteiger partial charge in [-0.2, -0.15) is 0 Å². The fourth-order valence-electron chi connectivity index (χ4n) is 5.10. The Morgan fingerprint density at radius 2 is 2.21 bits per heavy atom. The molecule has 1 saturated heterocycles. The van der Waals surface area contributed by atoms with Crippen molar-refractivity contribution in [2.75, 3.05) is 0 Å². The van der Waals surface area contributed by atoms with Crippen molar-refractivity contribution >= 4 is 12.0 Å². The third-order valence-corrected chi connectivity index (χ3v) is 6.78. The first-order chi connectivity index (χ1) is 11.3. The van der Waals surface area contributed by atoms with Gasteiger partial charge in [0.15, 0.2) is 0 Å². The van der Waals surface area contributed by atoms with E-state index < -0.39 is 23.7 Å². The number of aliphatic hydroxyl groups excluding tert-OH is 1. The number of fused-ring (bicyclic) bond motifs is 1. The van der Waals surface area contributed by atoms with Gasteiger partial charge in [-0.05, 0) is 37.0 Å². The molecule has 0 aromatic heterocycles. The number of imide groups is 1. The molecule has 5 nitrogen and oxygen atoms in total. The lowest BCUT2D eigenvalue weighted by Crippen LogP contribution is -2.59. The normalized spacial score (nSPS) is 36.0. The second-order valence-electron chi connectivity index (χ2n) is 8.16. The van der Waals surface area contributed by atoms with Crippen LogP contribution in [0.4, 0.5) is 4.79 Å². The summed E-state index contributed by atoms with van der Waals surface area (Å²) in [4.78, 5) is 26.9. The van der Waals surface area contributed by atoms with Gasteiger partial charge in [0.2, 0.25) is 5.91 Å². The summed E-state index contributed by atoms with van der Waals surface area (Å²) in [5.74, 6) is -0.489. The smallest absolute Gasteiger partial charge is 0.417 e. The molecule has 1 spiro atoms. The molecule has 2 saturated carbocycles. The van der Waals surface area contributed by atoms with Gasteiger partial charge in [0.05, 0.1) is 17.6 Å². The molecule has 1 heterocycles. The number of amides is 2. The molecule has 0 aromatic carbocycles. The Morgan fingerprint density at radius 1 is 1.50 bits per heavy atom. The summed E-state index contributed by atoms with van der Waals surface area (Å²) in [6, 6.07) is 0. The fraction of sp³-hybridized carbons (Fsp3) is 0.789. The molecule has 1 N–H and O–H groups in total. The molecule has 5 atom stereocenters. The highest BCUT2D eigenvalue weighted by Crippen LogP contribution is 2.66. The minimum atomic E-state index is -0.881. The molecular formula is C19H29NO4. The molecule has 2 bridgehead atoms. The lowest BCUT2D eigenvalue weighted by molar-refractivity contribution is -0.140. The minimum absolute atomic E-state index is 0.137. The van der Waals surface area contributed by atoms with E-state index in [2.05, 4.69) is 20.8 Å². The summed E-state index contributed by atoms with van der Waals surface area (Å²) in [5, 5.41) is 10.3. The standard InChI is InChI=1S/C19H29NO4/c1-5-6-7-8-14(21)12(2)16(22)20-17(23)24-15-11-13-9-10-19(15,20)18(13,3)4/h7-8,12-15,21H,5-6,9-11H2,1-4H3/b8-7+/t12-,13-,14-,15-,19-/m1/s1. The molecule has 2 aliphatic carbocycles. The van der Waals surface area contributed by atoms with Crippen LogP contribution in [-0.2, 0) is 9.53 Å². The Hall–Kier alpha value is -1.36. The molecule has 24 heavy (non-hydrogen) atoms. The van der Waals surface area contributed by atoms with Crippen molar-refractivity contribution in [3.05, 3.63) is 12.2 Å². The van der Waals surface area contributed by atoms with Gasteiger partial charge >= 0.3 is 6.09 Å². The largest absolute Gasteiger partial charge is 0.443 e. The number of rotatable bonds is 5. The van der Waals surface area contributed by atoms with Gasteiger partial charge in [0, 0.05) is 0 Å². The second-order valence-corrected chi connectivity index (χ2v) is 8.16. The van der Waals surface area contributed by atoms with Crippen LogP contribution >= 0.6 is 0 Å². The maximum Gasteiger partial charge on any atom is 0.417 e. The van der Waals surface area contributed by atoms with E-state index in [1.54, 1.807) is 13.0 Å². The van der Waals surface area contributed by atoms with Crippen LogP contribution in [0.2, 0.25) is 0 Å². The van der Waals surface area contributed by atoms with E-state index in [-0.39, 0.29) is 17.4 Å². The summed E-state index contributed by atoms with van der Waals surface area (Å²) in [5.41, 5.74) is -0.671. The Bertz CT molecular complexity index is 570. The average molecular weight is 335 g/mol. The van der Waals surface area contributed by atoms with Crippen molar-refractivity contribution in [3.8, 4) is 0 Å². The van der Waals surface area contributed by atoms with E-state index in [0.717, 1.165) is 32.1 Å². The lowest BCUT2D eigenvalue weighted by Gasteiger charge is -2.42. The summed E-state index contributed by atoms with van der Waals surface area (Å²) in [6.45, 7) is 8.04. The Labute approximate surface area is 144 Å². The summed E-state index contributed by atoms with van der Waals surface area (Å²) in [6.07, 6.45) is 6.48. The van der Waals surface area contributed by atoms with E-state index in [1.807, 2.05) is 6.08 Å². The van der Waals surface area contributed by atoms with Gasteiger partial charge in [-0.25, -0.2) is 9.69 Å². The molecule has 0 unspecified atom stereocenters. The van der Waals surface area contributed by atoms with Crippen LogP contribution < -0.4 is 0 Å². The maximum atomic E-state index is 13.1. The average Bonchev–Trinajstić information content (AvgIpc) is 3.05. The van der Waals surface area contributed by atoms with E-state index in [9.17, 15) is 14.7 Å². The van der Waals surface area contributed by atoms with E-state index in [4.69, 9.17) is 4.74 Å². The molecule has 3 rings (SSSR count). The van der Waals surface area contributed by atoms with Crippen LogP contribution in [0.5, 0.6) is 0 Å². The topological polar surface area (TPSA) is 66.8 Å². The number of unbranched alkanes of at least 4 members (excludes halogenated alkanes) is 1. The van der Waals surface area contributed by atoms with Crippen molar-refractivity contribution < 1.29 is 19.4 Å². The first-order valence-corrected chi connectivity index (χ1v) is 9.16. The SMILES string of the molecule is CCC/C=C/[C@@H](O)[C@@H](C)C(=O)N1C(=O)O[C@@H]2C[C@H]3CC[C@]21C3(C)C. The molecule has 134 valence electrons. The number of nitrogens with zero attached hydrogens (tertiary/aromatic N) is 1. The molecule has 0 radical (unpaired) electrons. The minimum Gasteiger partial charge on any atom is -0.443 e. The quantitative estimate of drug-likeness (QED) is 0.783. The number of ether oxygens (including phenoxy) is 1. The Kier molecular flexibility index (Phi) is 4.27. The predicted octanol–water partition coefficient (Wildman–Crippen LogP) is 3.27. The van der Waals surface area contributed by atoms with Crippen LogP contribution in [0.15, 0.2) is 12.2 Å². The van der Waals surface area contributed by atoms with Crippen molar-refractivity contribution in [1.29, 1.82) is 0 Å². The van der Waals surface area contributed by atoms with Crippen LogP contribution in [0, 0.1) is 17.3 Å². The van der Waals surface area contributed by atoms with Crippen molar-refractivity contribution in [2.24, 2.45) is 17.3 Å². The van der Waals surface area contributed by atoms with Gasteiger partial charge in [0.1, 0.15) is 6.10 Å². The summed E-state index contributed by atoms with van der Waals surface area (Å²) >= 11 is 0. The third kappa shape index (κ3) is 2.17. The summed E-state index contributed by atoms with van der Waals surface area (Å²) < 4.78 is 5.57. The number of allylic oxidation sites excluding steroid dienone is 1. The Balaban J connectivity index is 1.85. The number of hydrogen-bond acceptors (Lipinski definition) is 4. The molecule has 5 heteroatoms. The Morgan fingerprint density at radius 3 is 2.83 bits per heavy atom. The van der Waals surface area contributed by atoms with Crippen molar-refractivity contribution in [3.63, 3.8) is 0 Å². The van der Waals surface area contributed by atoms with E-state index >= 15 is 0 Å². The van der Waals surface area contributed by atoms with Crippen LogP contribution in [-0.4, -0.2) is 39.8 Å². The lowest BCUT2D eigenvalue weighted by atomic mass is 9.74. The summed E-state index contributed by atoms with van der Waals surface area (Å²) in [7, 11) is 0. The van der Waals surface area contributed by atoms with Gasteiger partial charge in [-0.15, -0.1) is 0 Å². The zero-order valence-corrected chi connectivity index (χ0v) is 15.1. The van der Waals surface area contributed by atoms with Gasteiger partial charge in [-0.1, -0.05) is 46.3 Å². The highest BCUT2D eigenvalue weighted by Gasteiger charge is 2.74. The molecule has 3 fully saturated rings.